The Kier molecular flexibility index (Phi) is 5.06. The second-order valence-corrected chi connectivity index (χ2v) is 5.91. The molecule has 0 spiro atoms. The fourth-order valence-electron chi connectivity index (χ4n) is 2.80. The van der Waals surface area contributed by atoms with Crippen LogP contribution in [0, 0.1) is 0 Å². The molecule has 6 heteroatoms. The Morgan fingerprint density at radius 1 is 1.55 bits per heavy atom. The highest BCUT2D eigenvalue weighted by molar-refractivity contribution is 5.78. The topological polar surface area (TPSA) is 84.3 Å². The maximum atomic E-state index is 12.2. The van der Waals surface area contributed by atoms with Gasteiger partial charge >= 0.3 is 5.97 Å². The Balaban J connectivity index is 2.46. The number of nitrogens with zero attached hydrogens (tertiary/aromatic N) is 3. The summed E-state index contributed by atoms with van der Waals surface area (Å²) in [6, 6.07) is 5.95. The van der Waals surface area contributed by atoms with Crippen molar-refractivity contribution < 1.29 is 14.3 Å². The van der Waals surface area contributed by atoms with Crippen LogP contribution < -0.4 is 0 Å². The van der Waals surface area contributed by atoms with Crippen molar-refractivity contribution in [2.75, 3.05) is 19.8 Å². The number of fused-ring (bicyclic) bond motifs is 1. The lowest BCUT2D eigenvalue weighted by Gasteiger charge is -2.37. The zero-order valence-corrected chi connectivity index (χ0v) is 13.2. The van der Waals surface area contributed by atoms with Crippen LogP contribution in [0.2, 0.25) is 0 Å². The van der Waals surface area contributed by atoms with E-state index >= 15 is 0 Å². The van der Waals surface area contributed by atoms with Gasteiger partial charge in [0.25, 0.3) is 0 Å². The predicted octanol–water partition coefficient (Wildman–Crippen LogP) is 3.45. The van der Waals surface area contributed by atoms with Gasteiger partial charge in [-0.2, -0.15) is 0 Å². The second kappa shape index (κ2) is 6.81. The molecule has 0 saturated carbocycles. The molecule has 1 aliphatic rings. The van der Waals surface area contributed by atoms with Gasteiger partial charge in [-0.3, -0.25) is 0 Å². The number of ether oxygens (including phenoxy) is 2. The van der Waals surface area contributed by atoms with Crippen LogP contribution in [-0.2, 0) is 26.1 Å². The minimum atomic E-state index is -0.703. The largest absolute Gasteiger partial charge is 0.464 e. The van der Waals surface area contributed by atoms with Crippen molar-refractivity contribution in [1.29, 1.82) is 0 Å². The van der Waals surface area contributed by atoms with E-state index in [9.17, 15) is 4.79 Å². The number of carbonyl (C=O) groups is 1. The summed E-state index contributed by atoms with van der Waals surface area (Å²) in [6.07, 6.45) is -0.131. The SMILES string of the molecule is CCOC(=O)C1OCC(C)(C)c2cccc(CCN=[N+]=[N-])c21. The Morgan fingerprint density at radius 2 is 2.32 bits per heavy atom. The van der Waals surface area contributed by atoms with Crippen LogP contribution >= 0.6 is 0 Å². The van der Waals surface area contributed by atoms with Gasteiger partial charge in [0, 0.05) is 16.9 Å². The summed E-state index contributed by atoms with van der Waals surface area (Å²) in [7, 11) is 0. The molecule has 1 aromatic rings. The van der Waals surface area contributed by atoms with Gasteiger partial charge in [-0.15, -0.1) is 0 Å². The van der Waals surface area contributed by atoms with E-state index in [0.29, 0.717) is 26.2 Å². The summed E-state index contributed by atoms with van der Waals surface area (Å²) in [6.45, 7) is 7.08. The third-order valence-corrected chi connectivity index (χ3v) is 3.84. The van der Waals surface area contributed by atoms with Crippen molar-refractivity contribution in [3.05, 3.63) is 45.3 Å². The molecule has 0 fully saturated rings. The van der Waals surface area contributed by atoms with Crippen LogP contribution in [-0.4, -0.2) is 25.7 Å². The highest BCUT2D eigenvalue weighted by Crippen LogP contribution is 2.40. The van der Waals surface area contributed by atoms with E-state index in [0.717, 1.165) is 16.7 Å². The lowest BCUT2D eigenvalue weighted by atomic mass is 9.77. The monoisotopic (exact) mass is 303 g/mol. The minimum Gasteiger partial charge on any atom is -0.464 e. The molecule has 6 nitrogen and oxygen atoms in total. The first-order valence-corrected chi connectivity index (χ1v) is 7.42. The predicted molar refractivity (Wildman–Crippen MR) is 82.5 cm³/mol. The van der Waals surface area contributed by atoms with Crippen molar-refractivity contribution in [3.63, 3.8) is 0 Å². The zero-order valence-electron chi connectivity index (χ0n) is 13.2. The molecule has 0 aliphatic carbocycles. The molecule has 0 aromatic heterocycles. The average molecular weight is 303 g/mol. The summed E-state index contributed by atoms with van der Waals surface area (Å²) >= 11 is 0. The Hall–Kier alpha value is -2.04. The summed E-state index contributed by atoms with van der Waals surface area (Å²) in [5.74, 6) is -0.365. The van der Waals surface area contributed by atoms with E-state index in [2.05, 4.69) is 23.9 Å². The molecule has 1 unspecified atom stereocenters. The quantitative estimate of drug-likeness (QED) is 0.361. The molecule has 0 amide bonds. The Morgan fingerprint density at radius 3 is 3.00 bits per heavy atom. The van der Waals surface area contributed by atoms with E-state index in [1.54, 1.807) is 6.92 Å². The molecule has 0 saturated heterocycles. The minimum absolute atomic E-state index is 0.174. The van der Waals surface area contributed by atoms with E-state index in [-0.39, 0.29) is 11.4 Å². The summed E-state index contributed by atoms with van der Waals surface area (Å²) in [5, 5.41) is 3.58. The van der Waals surface area contributed by atoms with Gasteiger partial charge in [-0.25, -0.2) is 4.79 Å². The molecule has 1 atom stereocenters. The fourth-order valence-corrected chi connectivity index (χ4v) is 2.80. The van der Waals surface area contributed by atoms with Gasteiger partial charge in [-0.05, 0) is 35.6 Å². The summed E-state index contributed by atoms with van der Waals surface area (Å²) in [4.78, 5) is 15.0. The van der Waals surface area contributed by atoms with Crippen molar-refractivity contribution in [3.8, 4) is 0 Å². The first-order valence-electron chi connectivity index (χ1n) is 7.42. The number of carbonyl (C=O) groups excluding carboxylic acids is 1. The molecular formula is C16H21N3O3. The third-order valence-electron chi connectivity index (χ3n) is 3.84. The number of esters is 1. The third kappa shape index (κ3) is 3.24. The van der Waals surface area contributed by atoms with Gasteiger partial charge in [0.1, 0.15) is 0 Å². The first kappa shape index (κ1) is 16.3. The number of rotatable bonds is 5. The van der Waals surface area contributed by atoms with Crippen LogP contribution in [0.1, 0.15) is 43.6 Å². The van der Waals surface area contributed by atoms with Gasteiger partial charge in [0.05, 0.1) is 13.2 Å². The molecule has 118 valence electrons. The molecule has 0 N–H and O–H groups in total. The van der Waals surface area contributed by atoms with Crippen molar-refractivity contribution in [1.82, 2.24) is 0 Å². The second-order valence-electron chi connectivity index (χ2n) is 5.91. The molecule has 1 aromatic carbocycles. The van der Waals surface area contributed by atoms with E-state index in [4.69, 9.17) is 15.0 Å². The lowest BCUT2D eigenvalue weighted by Crippen LogP contribution is -2.37. The highest BCUT2D eigenvalue weighted by atomic mass is 16.6. The van der Waals surface area contributed by atoms with Crippen molar-refractivity contribution in [2.45, 2.75) is 38.7 Å². The zero-order chi connectivity index (χ0) is 16.2. The fraction of sp³-hybridized carbons (Fsp3) is 0.562. The van der Waals surface area contributed by atoms with Crippen molar-refractivity contribution >= 4 is 5.97 Å². The number of hydrogen-bond acceptors (Lipinski definition) is 4. The number of benzene rings is 1. The van der Waals surface area contributed by atoms with Crippen LogP contribution in [0.4, 0.5) is 0 Å². The molecule has 1 heterocycles. The van der Waals surface area contributed by atoms with Gasteiger partial charge < -0.3 is 9.47 Å². The Bertz CT molecular complexity index is 607. The maximum Gasteiger partial charge on any atom is 0.339 e. The van der Waals surface area contributed by atoms with E-state index in [1.165, 1.54) is 0 Å². The Labute approximate surface area is 130 Å². The van der Waals surface area contributed by atoms with Gasteiger partial charge in [-0.1, -0.05) is 37.2 Å². The number of azide groups is 1. The van der Waals surface area contributed by atoms with Gasteiger partial charge in [0.15, 0.2) is 6.10 Å². The first-order chi connectivity index (χ1) is 10.5. The molecule has 0 radical (unpaired) electrons. The smallest absolute Gasteiger partial charge is 0.339 e. The lowest BCUT2D eigenvalue weighted by molar-refractivity contribution is -0.159. The summed E-state index contributed by atoms with van der Waals surface area (Å²) < 4.78 is 10.9. The molecule has 0 bridgehead atoms. The summed E-state index contributed by atoms with van der Waals surface area (Å²) in [5.41, 5.74) is 11.2. The molecular weight excluding hydrogens is 282 g/mol. The van der Waals surface area contributed by atoms with Crippen LogP contribution in [0.25, 0.3) is 10.4 Å². The highest BCUT2D eigenvalue weighted by Gasteiger charge is 2.38. The molecule has 2 rings (SSSR count). The normalized spacial score (nSPS) is 19.0. The number of hydrogen-bond donors (Lipinski definition) is 0. The van der Waals surface area contributed by atoms with Crippen molar-refractivity contribution in [2.24, 2.45) is 5.11 Å². The van der Waals surface area contributed by atoms with E-state index < -0.39 is 6.10 Å². The van der Waals surface area contributed by atoms with E-state index in [1.807, 2.05) is 18.2 Å². The van der Waals surface area contributed by atoms with Crippen LogP contribution in [0.5, 0.6) is 0 Å². The average Bonchev–Trinajstić information content (AvgIpc) is 2.48. The van der Waals surface area contributed by atoms with Crippen LogP contribution in [0.15, 0.2) is 23.3 Å². The standard InChI is InChI=1S/C16H21N3O3/c1-4-21-15(20)14-13-11(8-9-18-19-17)6-5-7-12(13)16(2,3)10-22-14/h5-7,14H,4,8-10H2,1-3H3. The van der Waals surface area contributed by atoms with Gasteiger partial charge in [0.2, 0.25) is 0 Å². The molecule has 1 aliphatic heterocycles. The van der Waals surface area contributed by atoms with Crippen LogP contribution in [0.3, 0.4) is 0 Å². The molecule has 22 heavy (non-hydrogen) atoms. The maximum absolute atomic E-state index is 12.2.